The molecule has 7 nitrogen and oxygen atoms in total. The number of aromatic nitrogens is 4. The first kappa shape index (κ1) is 21.6. The molecule has 1 atom stereocenters. The largest absolute Gasteiger partial charge is 0.352 e. The summed E-state index contributed by atoms with van der Waals surface area (Å²) in [4.78, 5) is 27.6. The van der Waals surface area contributed by atoms with E-state index in [4.69, 9.17) is 9.97 Å². The lowest BCUT2D eigenvalue weighted by Crippen LogP contribution is -2.40. The molecule has 1 saturated heterocycles. The molecule has 1 fully saturated rings. The van der Waals surface area contributed by atoms with Crippen LogP contribution in [0.25, 0.3) is 0 Å². The van der Waals surface area contributed by atoms with Crippen molar-refractivity contribution in [3.05, 3.63) is 70.4 Å². The summed E-state index contributed by atoms with van der Waals surface area (Å²) in [6.45, 7) is 7.30. The zero-order valence-electron chi connectivity index (χ0n) is 19.8. The van der Waals surface area contributed by atoms with Crippen LogP contribution >= 0.6 is 0 Å². The van der Waals surface area contributed by atoms with Gasteiger partial charge in [-0.2, -0.15) is 5.10 Å². The van der Waals surface area contributed by atoms with Gasteiger partial charge in [-0.15, -0.1) is 0 Å². The normalized spacial score (nSPS) is 18.3. The Morgan fingerprint density at radius 3 is 2.64 bits per heavy atom. The Bertz CT molecular complexity index is 1160. The number of rotatable bonds is 4. The fraction of sp³-hybridized carbons (Fsp3) is 0.462. The van der Waals surface area contributed by atoms with Crippen molar-refractivity contribution in [3.63, 3.8) is 0 Å². The minimum Gasteiger partial charge on any atom is -0.352 e. The third-order valence-electron chi connectivity index (χ3n) is 6.90. The maximum Gasteiger partial charge on any atom is 0.257 e. The molecule has 0 aliphatic carbocycles. The minimum absolute atomic E-state index is 0.0608. The lowest BCUT2D eigenvalue weighted by molar-refractivity contribution is 0.0703. The van der Waals surface area contributed by atoms with Crippen LogP contribution in [0.15, 0.2) is 36.5 Å². The Morgan fingerprint density at radius 1 is 1.06 bits per heavy atom. The van der Waals surface area contributed by atoms with Gasteiger partial charge < -0.3 is 9.80 Å². The fourth-order valence-corrected chi connectivity index (χ4v) is 5.20. The van der Waals surface area contributed by atoms with Gasteiger partial charge >= 0.3 is 0 Å². The van der Waals surface area contributed by atoms with Gasteiger partial charge in [0.05, 0.1) is 11.3 Å². The van der Waals surface area contributed by atoms with Crippen molar-refractivity contribution >= 4 is 11.7 Å². The zero-order chi connectivity index (χ0) is 22.9. The van der Waals surface area contributed by atoms with E-state index in [9.17, 15) is 4.79 Å². The van der Waals surface area contributed by atoms with Crippen molar-refractivity contribution in [2.75, 3.05) is 24.5 Å². The average Bonchev–Trinajstić information content (AvgIpc) is 3.17. The third kappa shape index (κ3) is 4.36. The number of anilines is 1. The molecule has 33 heavy (non-hydrogen) atoms. The molecule has 1 aromatic carbocycles. The fourth-order valence-electron chi connectivity index (χ4n) is 5.20. The van der Waals surface area contributed by atoms with E-state index in [1.165, 1.54) is 11.1 Å². The molecule has 0 radical (unpaired) electrons. The van der Waals surface area contributed by atoms with E-state index in [2.05, 4.69) is 47.3 Å². The molecular weight excluding hydrogens is 412 g/mol. The maximum atomic E-state index is 13.2. The summed E-state index contributed by atoms with van der Waals surface area (Å²) in [5, 5.41) is 4.35. The summed E-state index contributed by atoms with van der Waals surface area (Å²) in [5.41, 5.74) is 5.12. The minimum atomic E-state index is 0.0608. The second-order valence-corrected chi connectivity index (χ2v) is 9.37. The van der Waals surface area contributed by atoms with Crippen LogP contribution in [0.4, 0.5) is 5.82 Å². The molecule has 172 valence electrons. The summed E-state index contributed by atoms with van der Waals surface area (Å²) in [5.74, 6) is 2.18. The number of aryl methyl sites for hydroxylation is 3. The summed E-state index contributed by atoms with van der Waals surface area (Å²) < 4.78 is 1.71. The van der Waals surface area contributed by atoms with Crippen molar-refractivity contribution in [2.45, 2.75) is 52.0 Å². The second kappa shape index (κ2) is 8.96. The highest BCUT2D eigenvalue weighted by atomic mass is 16.2. The van der Waals surface area contributed by atoms with E-state index in [1.807, 2.05) is 25.1 Å². The Labute approximate surface area is 195 Å². The molecule has 2 aliphatic heterocycles. The first-order valence-electron chi connectivity index (χ1n) is 12.0. The Kier molecular flexibility index (Phi) is 5.87. The van der Waals surface area contributed by atoms with Crippen LogP contribution in [0.3, 0.4) is 0 Å². The molecule has 1 amide bonds. The van der Waals surface area contributed by atoms with Crippen LogP contribution in [0.1, 0.15) is 63.9 Å². The first-order chi connectivity index (χ1) is 16.0. The van der Waals surface area contributed by atoms with Crippen molar-refractivity contribution in [2.24, 2.45) is 7.05 Å². The second-order valence-electron chi connectivity index (χ2n) is 9.37. The molecule has 0 N–H and O–H groups in total. The molecule has 0 saturated carbocycles. The van der Waals surface area contributed by atoms with Gasteiger partial charge in [0, 0.05) is 56.6 Å². The van der Waals surface area contributed by atoms with Crippen molar-refractivity contribution in [1.82, 2.24) is 24.6 Å². The molecular formula is C26H32N6O. The SMILES string of the molecule is Cc1nn(C)cc1C(=O)N1CCC[C@H](c2nc(C)c3c(n2)N(Cc2ccccc2)CCC3)C1. The van der Waals surface area contributed by atoms with Gasteiger partial charge in [0.15, 0.2) is 0 Å². The van der Waals surface area contributed by atoms with E-state index in [1.54, 1.807) is 4.68 Å². The number of piperidine rings is 1. The Balaban J connectivity index is 1.40. The van der Waals surface area contributed by atoms with Gasteiger partial charge in [-0.1, -0.05) is 30.3 Å². The number of carbonyl (C=O) groups is 1. The van der Waals surface area contributed by atoms with Crippen LogP contribution < -0.4 is 4.90 Å². The van der Waals surface area contributed by atoms with Crippen LogP contribution in [-0.2, 0) is 20.0 Å². The highest BCUT2D eigenvalue weighted by molar-refractivity contribution is 5.95. The van der Waals surface area contributed by atoms with E-state index in [-0.39, 0.29) is 11.8 Å². The van der Waals surface area contributed by atoms with E-state index < -0.39 is 0 Å². The number of fused-ring (bicyclic) bond motifs is 1. The highest BCUT2D eigenvalue weighted by Gasteiger charge is 2.30. The van der Waals surface area contributed by atoms with Crippen molar-refractivity contribution < 1.29 is 4.79 Å². The van der Waals surface area contributed by atoms with Crippen LogP contribution in [0, 0.1) is 13.8 Å². The van der Waals surface area contributed by atoms with Crippen molar-refractivity contribution in [3.8, 4) is 0 Å². The standard InChI is InChI=1S/C26H32N6O/c1-18-22-12-8-13-31(15-20-9-5-4-6-10-20)25(22)28-24(27-18)21-11-7-14-32(16-21)26(33)23-17-30(3)29-19(23)2/h4-6,9-10,17,21H,7-8,11-16H2,1-3H3/t21-/m0/s1. The molecule has 3 aromatic rings. The number of hydrogen-bond acceptors (Lipinski definition) is 5. The lowest BCUT2D eigenvalue weighted by atomic mass is 9.95. The maximum absolute atomic E-state index is 13.2. The average molecular weight is 445 g/mol. The van der Waals surface area contributed by atoms with Crippen LogP contribution in [-0.4, -0.2) is 50.2 Å². The molecule has 2 aliphatic rings. The third-order valence-corrected chi connectivity index (χ3v) is 6.90. The van der Waals surface area contributed by atoms with Crippen LogP contribution in [0.2, 0.25) is 0 Å². The van der Waals surface area contributed by atoms with E-state index in [0.717, 1.165) is 68.3 Å². The molecule has 0 bridgehead atoms. The first-order valence-corrected chi connectivity index (χ1v) is 12.0. The predicted molar refractivity (Wildman–Crippen MR) is 128 cm³/mol. The number of carbonyl (C=O) groups excluding carboxylic acids is 1. The van der Waals surface area contributed by atoms with E-state index in [0.29, 0.717) is 12.1 Å². The Hall–Kier alpha value is -3.22. The lowest BCUT2D eigenvalue weighted by Gasteiger charge is -2.34. The summed E-state index contributed by atoms with van der Waals surface area (Å²) in [6, 6.07) is 10.6. The smallest absolute Gasteiger partial charge is 0.257 e. The number of amides is 1. The van der Waals surface area contributed by atoms with Crippen molar-refractivity contribution in [1.29, 1.82) is 0 Å². The van der Waals surface area contributed by atoms with E-state index >= 15 is 0 Å². The van der Waals surface area contributed by atoms with Gasteiger partial charge in [0.1, 0.15) is 11.6 Å². The van der Waals surface area contributed by atoms with Gasteiger partial charge in [0.25, 0.3) is 5.91 Å². The molecule has 2 aromatic heterocycles. The highest BCUT2D eigenvalue weighted by Crippen LogP contribution is 2.32. The zero-order valence-corrected chi connectivity index (χ0v) is 19.8. The molecule has 0 spiro atoms. The molecule has 5 rings (SSSR count). The quantitative estimate of drug-likeness (QED) is 0.612. The van der Waals surface area contributed by atoms with Gasteiger partial charge in [-0.25, -0.2) is 9.97 Å². The Morgan fingerprint density at radius 2 is 1.88 bits per heavy atom. The number of likely N-dealkylation sites (tertiary alicyclic amines) is 1. The molecule has 7 heteroatoms. The summed E-state index contributed by atoms with van der Waals surface area (Å²) in [7, 11) is 1.85. The van der Waals surface area contributed by atoms with Gasteiger partial charge in [-0.3, -0.25) is 9.48 Å². The van der Waals surface area contributed by atoms with Crippen LogP contribution in [0.5, 0.6) is 0 Å². The molecule has 4 heterocycles. The number of benzene rings is 1. The number of hydrogen-bond donors (Lipinski definition) is 0. The molecule has 0 unspecified atom stereocenters. The topological polar surface area (TPSA) is 67.2 Å². The summed E-state index contributed by atoms with van der Waals surface area (Å²) in [6.07, 6.45) is 5.94. The van der Waals surface area contributed by atoms with Gasteiger partial charge in [0.2, 0.25) is 0 Å². The van der Waals surface area contributed by atoms with Gasteiger partial charge in [-0.05, 0) is 45.1 Å². The predicted octanol–water partition coefficient (Wildman–Crippen LogP) is 3.80. The summed E-state index contributed by atoms with van der Waals surface area (Å²) >= 11 is 0. The monoisotopic (exact) mass is 444 g/mol. The number of nitrogens with zero attached hydrogens (tertiary/aromatic N) is 6.